The van der Waals surface area contributed by atoms with Gasteiger partial charge in [0.05, 0.1) is 6.42 Å². The molecule has 0 spiro atoms. The molecule has 1 atom stereocenters. The van der Waals surface area contributed by atoms with E-state index in [1.807, 2.05) is 34.1 Å². The van der Waals surface area contributed by atoms with Gasteiger partial charge in [-0.3, -0.25) is 14.5 Å². The Bertz CT molecular complexity index is 667. The molecule has 28 heavy (non-hydrogen) atoms. The Morgan fingerprint density at radius 1 is 1.14 bits per heavy atom. The molecule has 1 aromatic carbocycles. The van der Waals surface area contributed by atoms with Crippen molar-refractivity contribution in [1.82, 2.24) is 20.0 Å². The van der Waals surface area contributed by atoms with E-state index in [4.69, 9.17) is 11.6 Å². The zero-order valence-corrected chi connectivity index (χ0v) is 18.0. The molecule has 2 fully saturated rings. The van der Waals surface area contributed by atoms with Crippen LogP contribution >= 0.6 is 24.0 Å². The number of carbonyl (C=O) groups excluding carboxylic acids is 2. The molecule has 8 heteroatoms. The standard InChI is InChI=1S/C20H29ClN4O2.ClH/c1-16-15-23(8-5-19(26)24-9-6-22-7-10-24)11-12-25(16)20(27)14-17-3-2-4-18(21)13-17;/h2-4,13,16,22H,5-12,14-15H2,1H3;1H. The number of hydrogen-bond donors (Lipinski definition) is 1. The molecule has 0 bridgehead atoms. The maximum absolute atomic E-state index is 12.7. The van der Waals surface area contributed by atoms with E-state index in [0.29, 0.717) is 24.4 Å². The molecule has 0 radical (unpaired) electrons. The molecule has 0 aliphatic carbocycles. The predicted molar refractivity (Wildman–Crippen MR) is 114 cm³/mol. The molecule has 3 rings (SSSR count). The molecule has 1 aromatic rings. The largest absolute Gasteiger partial charge is 0.340 e. The summed E-state index contributed by atoms with van der Waals surface area (Å²) in [5, 5.41) is 3.93. The molecule has 2 aliphatic heterocycles. The monoisotopic (exact) mass is 428 g/mol. The van der Waals surface area contributed by atoms with Crippen molar-refractivity contribution >= 4 is 35.8 Å². The van der Waals surface area contributed by atoms with E-state index in [2.05, 4.69) is 17.1 Å². The van der Waals surface area contributed by atoms with Gasteiger partial charge in [-0.05, 0) is 24.6 Å². The molecule has 6 nitrogen and oxygen atoms in total. The summed E-state index contributed by atoms with van der Waals surface area (Å²) in [5.74, 6) is 0.380. The number of nitrogens with zero attached hydrogens (tertiary/aromatic N) is 3. The molecule has 2 aliphatic rings. The molecule has 1 N–H and O–H groups in total. The highest BCUT2D eigenvalue weighted by atomic mass is 35.5. The smallest absolute Gasteiger partial charge is 0.227 e. The number of benzene rings is 1. The number of piperazine rings is 2. The lowest BCUT2D eigenvalue weighted by molar-refractivity contribution is -0.136. The van der Waals surface area contributed by atoms with Crippen LogP contribution in [-0.2, 0) is 16.0 Å². The van der Waals surface area contributed by atoms with E-state index in [1.165, 1.54) is 0 Å². The van der Waals surface area contributed by atoms with E-state index in [-0.39, 0.29) is 30.3 Å². The molecule has 2 saturated heterocycles. The number of amides is 2. The maximum Gasteiger partial charge on any atom is 0.227 e. The highest BCUT2D eigenvalue weighted by molar-refractivity contribution is 6.30. The molecule has 2 heterocycles. The highest BCUT2D eigenvalue weighted by Crippen LogP contribution is 2.15. The first-order chi connectivity index (χ1) is 13.0. The van der Waals surface area contributed by atoms with Gasteiger partial charge in [0.15, 0.2) is 0 Å². The summed E-state index contributed by atoms with van der Waals surface area (Å²) < 4.78 is 0. The van der Waals surface area contributed by atoms with Gasteiger partial charge in [-0.25, -0.2) is 0 Å². The quantitative estimate of drug-likeness (QED) is 0.774. The third kappa shape index (κ3) is 6.34. The first kappa shape index (κ1) is 22.9. The average Bonchev–Trinajstić information content (AvgIpc) is 2.66. The lowest BCUT2D eigenvalue weighted by atomic mass is 10.1. The summed E-state index contributed by atoms with van der Waals surface area (Å²) in [6, 6.07) is 7.63. The van der Waals surface area contributed by atoms with Crippen LogP contribution in [0.4, 0.5) is 0 Å². The van der Waals surface area contributed by atoms with Crippen LogP contribution in [-0.4, -0.2) is 84.9 Å². The van der Waals surface area contributed by atoms with E-state index in [1.54, 1.807) is 0 Å². The summed E-state index contributed by atoms with van der Waals surface area (Å²) in [6.07, 6.45) is 0.940. The van der Waals surface area contributed by atoms with Gasteiger partial charge in [0.25, 0.3) is 0 Å². The lowest BCUT2D eigenvalue weighted by Gasteiger charge is -2.40. The van der Waals surface area contributed by atoms with Crippen molar-refractivity contribution < 1.29 is 9.59 Å². The van der Waals surface area contributed by atoms with Gasteiger partial charge in [-0.1, -0.05) is 23.7 Å². The zero-order valence-electron chi connectivity index (χ0n) is 16.4. The van der Waals surface area contributed by atoms with Crippen LogP contribution in [0.3, 0.4) is 0 Å². The molecule has 0 aromatic heterocycles. The second-order valence-electron chi connectivity index (χ2n) is 7.42. The van der Waals surface area contributed by atoms with Crippen LogP contribution in [0, 0.1) is 0 Å². The first-order valence-electron chi connectivity index (χ1n) is 9.77. The van der Waals surface area contributed by atoms with Crippen molar-refractivity contribution in [3.8, 4) is 0 Å². The van der Waals surface area contributed by atoms with Gasteiger partial charge in [-0.2, -0.15) is 0 Å². The Labute approximate surface area is 178 Å². The first-order valence-corrected chi connectivity index (χ1v) is 10.2. The zero-order chi connectivity index (χ0) is 19.2. The number of nitrogens with one attached hydrogen (secondary N) is 1. The second-order valence-corrected chi connectivity index (χ2v) is 7.86. The Balaban J connectivity index is 0.00000280. The summed E-state index contributed by atoms with van der Waals surface area (Å²) in [5.41, 5.74) is 0.948. The Hall–Kier alpha value is -1.34. The Morgan fingerprint density at radius 3 is 2.57 bits per heavy atom. The fraction of sp³-hybridized carbons (Fsp3) is 0.600. The average molecular weight is 429 g/mol. The van der Waals surface area contributed by atoms with Gasteiger partial charge in [0.1, 0.15) is 0 Å². The van der Waals surface area contributed by atoms with E-state index >= 15 is 0 Å². The highest BCUT2D eigenvalue weighted by Gasteiger charge is 2.28. The number of halogens is 2. The molecule has 1 unspecified atom stereocenters. The summed E-state index contributed by atoms with van der Waals surface area (Å²) >= 11 is 6.01. The van der Waals surface area contributed by atoms with Crippen LogP contribution in [0.5, 0.6) is 0 Å². The Kier molecular flexibility index (Phi) is 9.02. The minimum atomic E-state index is 0. The molecule has 156 valence electrons. The van der Waals surface area contributed by atoms with Crippen LogP contribution in [0.15, 0.2) is 24.3 Å². The topological polar surface area (TPSA) is 55.9 Å². The van der Waals surface area contributed by atoms with Crippen molar-refractivity contribution in [1.29, 1.82) is 0 Å². The van der Waals surface area contributed by atoms with Crippen LogP contribution in [0.2, 0.25) is 5.02 Å². The van der Waals surface area contributed by atoms with Gasteiger partial charge < -0.3 is 15.1 Å². The summed E-state index contributed by atoms with van der Waals surface area (Å²) in [6.45, 7) is 8.58. The molecular weight excluding hydrogens is 399 g/mol. The molecule has 0 saturated carbocycles. The summed E-state index contributed by atoms with van der Waals surface area (Å²) in [7, 11) is 0. The number of rotatable bonds is 5. The molecular formula is C20H30Cl2N4O2. The normalized spacial score (nSPS) is 20.6. The van der Waals surface area contributed by atoms with Gasteiger partial charge in [-0.15, -0.1) is 12.4 Å². The fourth-order valence-electron chi connectivity index (χ4n) is 3.86. The van der Waals surface area contributed by atoms with Gasteiger partial charge in [0, 0.05) is 69.8 Å². The van der Waals surface area contributed by atoms with Gasteiger partial charge in [0.2, 0.25) is 11.8 Å². The number of carbonyl (C=O) groups is 2. The van der Waals surface area contributed by atoms with E-state index in [0.717, 1.165) is 51.4 Å². The third-order valence-electron chi connectivity index (χ3n) is 5.39. The van der Waals surface area contributed by atoms with Crippen LogP contribution in [0.1, 0.15) is 18.9 Å². The SMILES string of the molecule is CC1CN(CCC(=O)N2CCNCC2)CCN1C(=O)Cc1cccc(Cl)c1.Cl. The number of hydrogen-bond acceptors (Lipinski definition) is 4. The lowest BCUT2D eigenvalue weighted by Crippen LogP contribution is -2.55. The van der Waals surface area contributed by atoms with E-state index in [9.17, 15) is 9.59 Å². The minimum Gasteiger partial charge on any atom is -0.340 e. The predicted octanol–water partition coefficient (Wildman–Crippen LogP) is 1.66. The second kappa shape index (κ2) is 11.0. The summed E-state index contributed by atoms with van der Waals surface area (Å²) in [4.78, 5) is 31.2. The van der Waals surface area contributed by atoms with E-state index < -0.39 is 0 Å². The van der Waals surface area contributed by atoms with Crippen molar-refractivity contribution in [2.24, 2.45) is 0 Å². The van der Waals surface area contributed by atoms with Crippen molar-refractivity contribution in [2.75, 3.05) is 52.4 Å². The Morgan fingerprint density at radius 2 is 1.89 bits per heavy atom. The maximum atomic E-state index is 12.7. The third-order valence-corrected chi connectivity index (χ3v) is 5.62. The van der Waals surface area contributed by atoms with Crippen molar-refractivity contribution in [2.45, 2.75) is 25.8 Å². The van der Waals surface area contributed by atoms with Gasteiger partial charge >= 0.3 is 0 Å². The van der Waals surface area contributed by atoms with Crippen LogP contribution in [0.25, 0.3) is 0 Å². The minimum absolute atomic E-state index is 0. The fourth-order valence-corrected chi connectivity index (χ4v) is 4.07. The van der Waals surface area contributed by atoms with Crippen molar-refractivity contribution in [3.63, 3.8) is 0 Å². The van der Waals surface area contributed by atoms with Crippen LogP contribution < -0.4 is 5.32 Å². The van der Waals surface area contributed by atoms with Crippen molar-refractivity contribution in [3.05, 3.63) is 34.9 Å². The molecule has 2 amide bonds.